The zero-order valence-corrected chi connectivity index (χ0v) is 14.3. The number of carbonyl (C=O) groups is 1. The second-order valence-corrected chi connectivity index (χ2v) is 7.85. The van der Waals surface area contributed by atoms with Gasteiger partial charge in [-0.2, -0.15) is 0 Å². The Labute approximate surface area is 140 Å². The Morgan fingerprint density at radius 1 is 1.32 bits per heavy atom. The molecule has 0 atom stereocenters. The molecule has 2 aromatic rings. The number of rotatable bonds is 7. The first-order chi connectivity index (χ1) is 10.5. The third-order valence-corrected chi connectivity index (χ3v) is 5.69. The first-order valence-corrected chi connectivity index (χ1v) is 9.10. The molecule has 8 heteroatoms. The SMILES string of the molecule is C=C(C)CSc1nnc(SCC(=O)Nc2cccc(F)c2)s1. The highest BCUT2D eigenvalue weighted by Crippen LogP contribution is 2.29. The summed E-state index contributed by atoms with van der Waals surface area (Å²) in [6.07, 6.45) is 0. The van der Waals surface area contributed by atoms with E-state index in [4.69, 9.17) is 0 Å². The van der Waals surface area contributed by atoms with Crippen LogP contribution in [0.3, 0.4) is 0 Å². The smallest absolute Gasteiger partial charge is 0.234 e. The second kappa shape index (κ2) is 8.30. The van der Waals surface area contributed by atoms with Crippen LogP contribution >= 0.6 is 34.9 Å². The molecular formula is C14H14FN3OS3. The van der Waals surface area contributed by atoms with Crippen LogP contribution in [0.15, 0.2) is 45.1 Å². The van der Waals surface area contributed by atoms with Gasteiger partial charge in [0.25, 0.3) is 0 Å². The van der Waals surface area contributed by atoms with Gasteiger partial charge in [-0.25, -0.2) is 4.39 Å². The van der Waals surface area contributed by atoms with Crippen molar-refractivity contribution in [2.75, 3.05) is 16.8 Å². The van der Waals surface area contributed by atoms with Gasteiger partial charge in [-0.1, -0.05) is 53.1 Å². The van der Waals surface area contributed by atoms with Crippen molar-refractivity contribution in [2.24, 2.45) is 0 Å². The van der Waals surface area contributed by atoms with Gasteiger partial charge < -0.3 is 5.32 Å². The molecular weight excluding hydrogens is 341 g/mol. The molecule has 0 saturated carbocycles. The Bertz CT molecular complexity index is 675. The average Bonchev–Trinajstić information content (AvgIpc) is 2.91. The van der Waals surface area contributed by atoms with Crippen LogP contribution in [-0.4, -0.2) is 27.6 Å². The minimum absolute atomic E-state index is 0.205. The molecule has 0 unspecified atom stereocenters. The highest BCUT2D eigenvalue weighted by atomic mass is 32.2. The summed E-state index contributed by atoms with van der Waals surface area (Å²) in [5.74, 6) is 0.422. The zero-order chi connectivity index (χ0) is 15.9. The van der Waals surface area contributed by atoms with Gasteiger partial charge in [0.15, 0.2) is 8.68 Å². The molecule has 116 valence electrons. The van der Waals surface area contributed by atoms with Gasteiger partial charge in [-0.3, -0.25) is 4.79 Å². The van der Waals surface area contributed by atoms with Crippen LogP contribution < -0.4 is 5.32 Å². The molecule has 0 spiro atoms. The van der Waals surface area contributed by atoms with Crippen molar-refractivity contribution in [1.29, 1.82) is 0 Å². The maximum atomic E-state index is 13.0. The monoisotopic (exact) mass is 355 g/mol. The lowest BCUT2D eigenvalue weighted by atomic mass is 10.3. The quantitative estimate of drug-likeness (QED) is 0.599. The summed E-state index contributed by atoms with van der Waals surface area (Å²) in [5.41, 5.74) is 1.52. The Hall–Kier alpha value is -1.38. The molecule has 0 radical (unpaired) electrons. The van der Waals surface area contributed by atoms with E-state index in [9.17, 15) is 9.18 Å². The predicted octanol–water partition coefficient (Wildman–Crippen LogP) is 4.08. The number of hydrogen-bond acceptors (Lipinski definition) is 6. The van der Waals surface area contributed by atoms with Gasteiger partial charge >= 0.3 is 0 Å². The maximum absolute atomic E-state index is 13.0. The molecule has 1 aromatic carbocycles. The van der Waals surface area contributed by atoms with E-state index in [0.717, 1.165) is 20.0 Å². The Morgan fingerprint density at radius 2 is 2.00 bits per heavy atom. The molecule has 22 heavy (non-hydrogen) atoms. The van der Waals surface area contributed by atoms with Crippen molar-refractivity contribution in [1.82, 2.24) is 10.2 Å². The number of nitrogens with one attached hydrogen (secondary N) is 1. The lowest BCUT2D eigenvalue weighted by Crippen LogP contribution is -2.13. The Balaban J connectivity index is 1.80. The highest BCUT2D eigenvalue weighted by molar-refractivity contribution is 8.03. The first-order valence-electron chi connectivity index (χ1n) is 6.32. The molecule has 0 saturated heterocycles. The standard InChI is InChI=1S/C14H14FN3OS3/c1-9(2)7-20-13-17-18-14(22-13)21-8-12(19)16-11-5-3-4-10(15)6-11/h3-6H,1,7-8H2,2H3,(H,16,19). The molecule has 1 aromatic heterocycles. The summed E-state index contributed by atoms with van der Waals surface area (Å²) in [5, 5.41) is 10.7. The summed E-state index contributed by atoms with van der Waals surface area (Å²) >= 11 is 4.34. The van der Waals surface area contributed by atoms with Crippen LogP contribution in [0.2, 0.25) is 0 Å². The van der Waals surface area contributed by atoms with Crippen LogP contribution in [0.4, 0.5) is 10.1 Å². The van der Waals surface area contributed by atoms with E-state index >= 15 is 0 Å². The topological polar surface area (TPSA) is 54.9 Å². The fraction of sp³-hybridized carbons (Fsp3) is 0.214. The maximum Gasteiger partial charge on any atom is 0.234 e. The fourth-order valence-corrected chi connectivity index (χ4v) is 4.05. The molecule has 0 bridgehead atoms. The normalized spacial score (nSPS) is 10.5. The largest absolute Gasteiger partial charge is 0.325 e. The Kier molecular flexibility index (Phi) is 6.41. The van der Waals surface area contributed by atoms with E-state index < -0.39 is 0 Å². The van der Waals surface area contributed by atoms with Crippen molar-refractivity contribution in [3.63, 3.8) is 0 Å². The third-order valence-electron chi connectivity index (χ3n) is 2.27. The number of anilines is 1. The Morgan fingerprint density at radius 3 is 2.64 bits per heavy atom. The molecule has 0 aliphatic carbocycles. The summed E-state index contributed by atoms with van der Waals surface area (Å²) in [7, 11) is 0. The summed E-state index contributed by atoms with van der Waals surface area (Å²) in [4.78, 5) is 11.8. The van der Waals surface area contributed by atoms with E-state index in [1.165, 1.54) is 35.2 Å². The van der Waals surface area contributed by atoms with Crippen LogP contribution in [0.1, 0.15) is 6.92 Å². The molecule has 1 heterocycles. The highest BCUT2D eigenvalue weighted by Gasteiger charge is 2.09. The summed E-state index contributed by atoms with van der Waals surface area (Å²) < 4.78 is 14.6. The molecule has 1 N–H and O–H groups in total. The number of hydrogen-bond donors (Lipinski definition) is 1. The third kappa shape index (κ3) is 5.78. The number of aromatic nitrogens is 2. The van der Waals surface area contributed by atoms with E-state index in [2.05, 4.69) is 22.1 Å². The zero-order valence-electron chi connectivity index (χ0n) is 11.8. The lowest BCUT2D eigenvalue weighted by Gasteiger charge is -2.03. The number of halogens is 1. The number of benzene rings is 1. The van der Waals surface area contributed by atoms with Crippen molar-refractivity contribution >= 4 is 46.5 Å². The van der Waals surface area contributed by atoms with E-state index in [-0.39, 0.29) is 17.5 Å². The van der Waals surface area contributed by atoms with Crippen molar-refractivity contribution in [3.05, 3.63) is 42.2 Å². The van der Waals surface area contributed by atoms with Gasteiger partial charge in [-0.05, 0) is 25.1 Å². The van der Waals surface area contributed by atoms with Gasteiger partial charge in [0.2, 0.25) is 5.91 Å². The molecule has 0 fully saturated rings. The van der Waals surface area contributed by atoms with Crippen molar-refractivity contribution in [2.45, 2.75) is 15.6 Å². The number of amides is 1. The summed E-state index contributed by atoms with van der Waals surface area (Å²) in [6.45, 7) is 5.79. The van der Waals surface area contributed by atoms with Crippen LogP contribution in [0.25, 0.3) is 0 Å². The average molecular weight is 355 g/mol. The minimum atomic E-state index is -0.381. The van der Waals surface area contributed by atoms with Crippen LogP contribution in [-0.2, 0) is 4.79 Å². The van der Waals surface area contributed by atoms with E-state index in [1.807, 2.05) is 6.92 Å². The van der Waals surface area contributed by atoms with Gasteiger partial charge in [0, 0.05) is 11.4 Å². The number of carbonyl (C=O) groups excluding carboxylic acids is 1. The van der Waals surface area contributed by atoms with Crippen LogP contribution in [0, 0.1) is 5.82 Å². The van der Waals surface area contributed by atoms with Crippen molar-refractivity contribution in [3.8, 4) is 0 Å². The molecule has 2 rings (SSSR count). The lowest BCUT2D eigenvalue weighted by molar-refractivity contribution is -0.113. The summed E-state index contributed by atoms with van der Waals surface area (Å²) in [6, 6.07) is 5.80. The number of thioether (sulfide) groups is 2. The minimum Gasteiger partial charge on any atom is -0.325 e. The van der Waals surface area contributed by atoms with Gasteiger partial charge in [0.05, 0.1) is 5.75 Å². The van der Waals surface area contributed by atoms with Crippen LogP contribution in [0.5, 0.6) is 0 Å². The molecule has 0 aliphatic heterocycles. The fourth-order valence-electron chi connectivity index (χ4n) is 1.39. The van der Waals surface area contributed by atoms with Gasteiger partial charge in [0.1, 0.15) is 5.82 Å². The predicted molar refractivity (Wildman–Crippen MR) is 91.2 cm³/mol. The van der Waals surface area contributed by atoms with Gasteiger partial charge in [-0.15, -0.1) is 10.2 Å². The molecule has 0 aliphatic rings. The molecule has 4 nitrogen and oxygen atoms in total. The first kappa shape index (κ1) is 17.0. The van der Waals surface area contributed by atoms with E-state index in [0.29, 0.717) is 5.69 Å². The molecule has 1 amide bonds. The van der Waals surface area contributed by atoms with E-state index in [1.54, 1.807) is 23.9 Å². The second-order valence-electron chi connectivity index (χ2n) is 4.43. The number of nitrogens with zero attached hydrogens (tertiary/aromatic N) is 2. The van der Waals surface area contributed by atoms with Crippen molar-refractivity contribution < 1.29 is 9.18 Å².